The molecule has 0 aliphatic rings. The molecular weight excluding hydrogens is 332 g/mol. The minimum Gasteiger partial charge on any atom is -0.481 e. The summed E-state index contributed by atoms with van der Waals surface area (Å²) >= 11 is 0. The van der Waals surface area contributed by atoms with Gasteiger partial charge in [-0.05, 0) is 31.4 Å². The molecule has 0 spiro atoms. The SMILES string of the molecule is CCCS(=O)(=O)Nc1ccccc1C(=O)NCCCCCC(=O)O. The Morgan fingerprint density at radius 1 is 1.12 bits per heavy atom. The molecule has 0 bridgehead atoms. The second kappa shape index (κ2) is 9.92. The number of anilines is 1. The maximum Gasteiger partial charge on any atom is 0.303 e. The lowest BCUT2D eigenvalue weighted by Gasteiger charge is -2.12. The van der Waals surface area contributed by atoms with Gasteiger partial charge < -0.3 is 10.4 Å². The van der Waals surface area contributed by atoms with Crippen LogP contribution in [0.5, 0.6) is 0 Å². The number of rotatable bonds is 11. The Hall–Kier alpha value is -2.09. The number of hydrogen-bond donors (Lipinski definition) is 3. The van der Waals surface area contributed by atoms with Gasteiger partial charge in [-0.25, -0.2) is 8.42 Å². The molecule has 3 N–H and O–H groups in total. The number of aliphatic carboxylic acids is 1. The Morgan fingerprint density at radius 2 is 1.83 bits per heavy atom. The molecule has 0 fully saturated rings. The van der Waals surface area contributed by atoms with E-state index in [-0.39, 0.29) is 29.3 Å². The van der Waals surface area contributed by atoms with Gasteiger partial charge >= 0.3 is 5.97 Å². The molecule has 1 aromatic rings. The van der Waals surface area contributed by atoms with Gasteiger partial charge in [0.1, 0.15) is 0 Å². The zero-order chi connectivity index (χ0) is 18.0. The summed E-state index contributed by atoms with van der Waals surface area (Å²) in [6.45, 7) is 2.18. The summed E-state index contributed by atoms with van der Waals surface area (Å²) in [6.07, 6.45) is 2.55. The van der Waals surface area contributed by atoms with Gasteiger partial charge in [0.2, 0.25) is 10.0 Å². The Morgan fingerprint density at radius 3 is 2.50 bits per heavy atom. The van der Waals surface area contributed by atoms with E-state index in [0.29, 0.717) is 32.2 Å². The number of carboxylic acids is 1. The number of benzene rings is 1. The van der Waals surface area contributed by atoms with Crippen LogP contribution in [0.4, 0.5) is 5.69 Å². The van der Waals surface area contributed by atoms with Crippen molar-refractivity contribution >= 4 is 27.6 Å². The van der Waals surface area contributed by atoms with Gasteiger partial charge in [0.05, 0.1) is 17.0 Å². The first-order chi connectivity index (χ1) is 11.4. The fraction of sp³-hybridized carbons (Fsp3) is 0.500. The normalized spacial score (nSPS) is 11.0. The molecule has 134 valence electrons. The number of nitrogens with one attached hydrogen (secondary N) is 2. The summed E-state index contributed by atoms with van der Waals surface area (Å²) in [5, 5.41) is 11.3. The summed E-state index contributed by atoms with van der Waals surface area (Å²) in [6, 6.07) is 6.43. The highest BCUT2D eigenvalue weighted by Gasteiger charge is 2.15. The monoisotopic (exact) mass is 356 g/mol. The zero-order valence-corrected chi connectivity index (χ0v) is 14.6. The Kier molecular flexibility index (Phi) is 8.25. The van der Waals surface area contributed by atoms with Crippen molar-refractivity contribution in [3.05, 3.63) is 29.8 Å². The highest BCUT2D eigenvalue weighted by Crippen LogP contribution is 2.17. The summed E-state index contributed by atoms with van der Waals surface area (Å²) in [7, 11) is -3.47. The molecule has 1 aromatic carbocycles. The molecule has 0 radical (unpaired) electrons. The lowest BCUT2D eigenvalue weighted by atomic mass is 10.1. The number of para-hydroxylation sites is 1. The summed E-state index contributed by atoms with van der Waals surface area (Å²) in [5.74, 6) is -1.19. The van der Waals surface area contributed by atoms with Gasteiger partial charge in [-0.2, -0.15) is 0 Å². The van der Waals surface area contributed by atoms with Gasteiger partial charge in [0.15, 0.2) is 0 Å². The molecule has 0 heterocycles. The maximum atomic E-state index is 12.2. The van der Waals surface area contributed by atoms with Crippen molar-refractivity contribution in [3.63, 3.8) is 0 Å². The van der Waals surface area contributed by atoms with E-state index < -0.39 is 16.0 Å². The summed E-state index contributed by atoms with van der Waals surface area (Å²) in [5.41, 5.74) is 0.525. The molecule has 1 amide bonds. The number of carbonyl (C=O) groups is 2. The average Bonchev–Trinajstić information content (AvgIpc) is 2.50. The van der Waals surface area contributed by atoms with E-state index in [4.69, 9.17) is 5.11 Å². The molecule has 24 heavy (non-hydrogen) atoms. The van der Waals surface area contributed by atoms with Gasteiger partial charge in [-0.3, -0.25) is 14.3 Å². The van der Waals surface area contributed by atoms with Gasteiger partial charge in [0, 0.05) is 13.0 Å². The van der Waals surface area contributed by atoms with Crippen LogP contribution < -0.4 is 10.0 Å². The van der Waals surface area contributed by atoms with E-state index in [2.05, 4.69) is 10.0 Å². The number of carboxylic acid groups (broad SMARTS) is 1. The third-order valence-corrected chi connectivity index (χ3v) is 4.74. The molecule has 0 aliphatic carbocycles. The van der Waals surface area contributed by atoms with Crippen molar-refractivity contribution in [2.45, 2.75) is 39.0 Å². The lowest BCUT2D eigenvalue weighted by Crippen LogP contribution is -2.26. The van der Waals surface area contributed by atoms with Gasteiger partial charge in [0.25, 0.3) is 5.91 Å². The first-order valence-electron chi connectivity index (χ1n) is 7.95. The zero-order valence-electron chi connectivity index (χ0n) is 13.7. The molecule has 0 aromatic heterocycles. The van der Waals surface area contributed by atoms with E-state index in [9.17, 15) is 18.0 Å². The van der Waals surface area contributed by atoms with Crippen LogP contribution in [0, 0.1) is 0 Å². The summed E-state index contributed by atoms with van der Waals surface area (Å²) < 4.78 is 26.2. The van der Waals surface area contributed by atoms with Crippen molar-refractivity contribution in [2.24, 2.45) is 0 Å². The number of unbranched alkanes of at least 4 members (excludes halogenated alkanes) is 2. The van der Waals surface area contributed by atoms with Gasteiger partial charge in [-0.15, -0.1) is 0 Å². The molecule has 0 unspecified atom stereocenters. The first-order valence-corrected chi connectivity index (χ1v) is 9.60. The largest absolute Gasteiger partial charge is 0.481 e. The van der Waals surface area contributed by atoms with Crippen molar-refractivity contribution in [3.8, 4) is 0 Å². The number of amides is 1. The van der Waals surface area contributed by atoms with E-state index in [0.717, 1.165) is 0 Å². The Balaban J connectivity index is 2.57. The quantitative estimate of drug-likeness (QED) is 0.526. The van der Waals surface area contributed by atoms with E-state index in [1.807, 2.05) is 0 Å². The third kappa shape index (κ3) is 7.45. The third-order valence-electron chi connectivity index (χ3n) is 3.26. The van der Waals surface area contributed by atoms with Crippen LogP contribution in [-0.4, -0.2) is 37.7 Å². The van der Waals surface area contributed by atoms with Crippen LogP contribution in [-0.2, 0) is 14.8 Å². The first kappa shape index (κ1) is 20.0. The summed E-state index contributed by atoms with van der Waals surface area (Å²) in [4.78, 5) is 22.6. The fourth-order valence-corrected chi connectivity index (χ4v) is 3.29. The number of hydrogen-bond acceptors (Lipinski definition) is 4. The lowest BCUT2D eigenvalue weighted by molar-refractivity contribution is -0.137. The van der Waals surface area contributed by atoms with E-state index >= 15 is 0 Å². The molecule has 8 heteroatoms. The van der Waals surface area contributed by atoms with Crippen LogP contribution in [0.1, 0.15) is 49.4 Å². The van der Waals surface area contributed by atoms with Crippen LogP contribution >= 0.6 is 0 Å². The number of sulfonamides is 1. The highest BCUT2D eigenvalue weighted by atomic mass is 32.2. The smallest absolute Gasteiger partial charge is 0.303 e. The molecular formula is C16H24N2O5S. The van der Waals surface area contributed by atoms with Crippen LogP contribution in [0.15, 0.2) is 24.3 Å². The molecule has 7 nitrogen and oxygen atoms in total. The van der Waals surface area contributed by atoms with E-state index in [1.165, 1.54) is 0 Å². The fourth-order valence-electron chi connectivity index (χ4n) is 2.13. The van der Waals surface area contributed by atoms with Crippen LogP contribution in [0.25, 0.3) is 0 Å². The van der Waals surface area contributed by atoms with Crippen molar-refractivity contribution < 1.29 is 23.1 Å². The van der Waals surface area contributed by atoms with Crippen LogP contribution in [0.3, 0.4) is 0 Å². The van der Waals surface area contributed by atoms with Crippen molar-refractivity contribution in [1.29, 1.82) is 0 Å². The predicted octanol–water partition coefficient (Wildman–Crippen LogP) is 2.21. The highest BCUT2D eigenvalue weighted by molar-refractivity contribution is 7.92. The van der Waals surface area contributed by atoms with Gasteiger partial charge in [-0.1, -0.05) is 25.5 Å². The van der Waals surface area contributed by atoms with Crippen molar-refractivity contribution in [1.82, 2.24) is 5.32 Å². The second-order valence-electron chi connectivity index (χ2n) is 5.43. The standard InChI is InChI=1S/C16H24N2O5S/c1-2-12-24(22,23)18-14-9-6-5-8-13(14)16(21)17-11-7-3-4-10-15(19)20/h5-6,8-9,18H,2-4,7,10-12H2,1H3,(H,17,21)(H,19,20). The van der Waals surface area contributed by atoms with Crippen molar-refractivity contribution in [2.75, 3.05) is 17.0 Å². The molecule has 0 saturated carbocycles. The Bertz CT molecular complexity index is 658. The molecule has 0 saturated heterocycles. The predicted molar refractivity (Wildman–Crippen MR) is 92.6 cm³/mol. The average molecular weight is 356 g/mol. The molecule has 0 aliphatic heterocycles. The molecule has 1 rings (SSSR count). The maximum absolute atomic E-state index is 12.2. The molecule has 0 atom stereocenters. The second-order valence-corrected chi connectivity index (χ2v) is 7.27. The van der Waals surface area contributed by atoms with E-state index in [1.54, 1.807) is 31.2 Å². The Labute approximate surface area is 142 Å². The minimum atomic E-state index is -3.47. The number of carbonyl (C=O) groups excluding carboxylic acids is 1. The topological polar surface area (TPSA) is 113 Å². The van der Waals surface area contributed by atoms with Crippen LogP contribution in [0.2, 0.25) is 0 Å². The minimum absolute atomic E-state index is 0.00741.